The Hall–Kier alpha value is 0.414. The monoisotopic (exact) mass is 148 g/mol. The van der Waals surface area contributed by atoms with Crippen molar-refractivity contribution in [3.05, 3.63) is 0 Å². The maximum Gasteiger partial charge on any atom is 0.0484 e. The molecule has 0 aromatic rings. The van der Waals surface area contributed by atoms with Gasteiger partial charge >= 0.3 is 0 Å². The summed E-state index contributed by atoms with van der Waals surface area (Å²) in [5, 5.41) is 8.12. The number of hydrogen-bond acceptors (Lipinski definition) is 2. The van der Waals surface area contributed by atoms with Crippen LogP contribution in [0.4, 0.5) is 0 Å². The van der Waals surface area contributed by atoms with E-state index in [1.165, 1.54) is 0 Å². The van der Waals surface area contributed by atoms with Crippen molar-refractivity contribution < 1.29 is 26.3 Å². The smallest absolute Gasteiger partial charge is 0.0484 e. The molecule has 3 heteroatoms. The van der Waals surface area contributed by atoms with Crippen molar-refractivity contribution in [1.82, 2.24) is 0 Å². The zero-order valence-corrected chi connectivity index (χ0v) is 5.28. The molecule has 0 bridgehead atoms. The molecular formula is C4H10NiO2. The molecule has 2 nitrogen and oxygen atoms in total. The van der Waals surface area contributed by atoms with Crippen molar-refractivity contribution in [3.63, 3.8) is 0 Å². The first kappa shape index (κ1) is 10.4. The van der Waals surface area contributed by atoms with E-state index < -0.39 is 0 Å². The Morgan fingerprint density at radius 2 is 2.14 bits per heavy atom. The molecule has 7 heavy (non-hydrogen) atoms. The van der Waals surface area contributed by atoms with E-state index in [-0.39, 0.29) is 23.1 Å². The Morgan fingerprint density at radius 1 is 1.57 bits per heavy atom. The van der Waals surface area contributed by atoms with E-state index in [2.05, 4.69) is 4.74 Å². The van der Waals surface area contributed by atoms with Gasteiger partial charge in [-0.25, -0.2) is 0 Å². The van der Waals surface area contributed by atoms with Crippen molar-refractivity contribution in [2.45, 2.75) is 6.42 Å². The van der Waals surface area contributed by atoms with E-state index in [1.54, 1.807) is 7.11 Å². The van der Waals surface area contributed by atoms with Crippen LogP contribution in [0.5, 0.6) is 0 Å². The number of ether oxygens (including phenoxy) is 1. The Kier molecular flexibility index (Phi) is 14.3. The van der Waals surface area contributed by atoms with Crippen LogP contribution in [0, 0.1) is 0 Å². The molecule has 0 aromatic carbocycles. The standard InChI is InChI=1S/C4H10O2.Ni/c1-6-4-2-3-5;/h5H,2-4H2,1H3;. The molecule has 48 valence electrons. The van der Waals surface area contributed by atoms with Crippen LogP contribution in [-0.4, -0.2) is 25.4 Å². The Morgan fingerprint density at radius 3 is 2.29 bits per heavy atom. The molecule has 0 amide bonds. The number of aliphatic hydroxyl groups is 1. The van der Waals surface area contributed by atoms with Crippen molar-refractivity contribution >= 4 is 0 Å². The summed E-state index contributed by atoms with van der Waals surface area (Å²) in [4.78, 5) is 0. The molecule has 0 saturated heterocycles. The van der Waals surface area contributed by atoms with Gasteiger partial charge < -0.3 is 9.84 Å². The largest absolute Gasteiger partial charge is 0.396 e. The van der Waals surface area contributed by atoms with Crippen molar-refractivity contribution in [1.29, 1.82) is 0 Å². The van der Waals surface area contributed by atoms with Gasteiger partial charge in [-0.3, -0.25) is 0 Å². The Balaban J connectivity index is 0. The summed E-state index contributed by atoms with van der Waals surface area (Å²) in [6, 6.07) is 0. The zero-order chi connectivity index (χ0) is 4.83. The van der Waals surface area contributed by atoms with Crippen molar-refractivity contribution in [3.8, 4) is 0 Å². The predicted molar refractivity (Wildman–Crippen MR) is 23.6 cm³/mol. The first-order valence-corrected chi connectivity index (χ1v) is 2.01. The average molecular weight is 149 g/mol. The molecule has 0 atom stereocenters. The molecule has 0 radical (unpaired) electrons. The first-order valence-electron chi connectivity index (χ1n) is 2.01. The molecule has 0 unspecified atom stereocenters. The second-order valence-electron chi connectivity index (χ2n) is 1.07. The van der Waals surface area contributed by atoms with Gasteiger partial charge in [0, 0.05) is 36.8 Å². The molecule has 0 fully saturated rings. The summed E-state index contributed by atoms with van der Waals surface area (Å²) in [5.74, 6) is 0. The van der Waals surface area contributed by atoms with Crippen LogP contribution in [0.15, 0.2) is 0 Å². The second-order valence-corrected chi connectivity index (χ2v) is 1.07. The molecular weight excluding hydrogens is 139 g/mol. The maximum atomic E-state index is 8.12. The van der Waals surface area contributed by atoms with Crippen molar-refractivity contribution in [2.75, 3.05) is 20.3 Å². The number of methoxy groups -OCH3 is 1. The summed E-state index contributed by atoms with van der Waals surface area (Å²) in [7, 11) is 1.62. The van der Waals surface area contributed by atoms with Crippen LogP contribution in [0.3, 0.4) is 0 Å². The SMILES string of the molecule is COCCCO.[Ni]. The number of hydrogen-bond donors (Lipinski definition) is 1. The number of aliphatic hydroxyl groups excluding tert-OH is 1. The third-order valence-electron chi connectivity index (χ3n) is 0.507. The fourth-order valence-electron chi connectivity index (χ4n) is 0.209. The van der Waals surface area contributed by atoms with Crippen LogP contribution in [0.2, 0.25) is 0 Å². The topological polar surface area (TPSA) is 29.5 Å². The zero-order valence-electron chi connectivity index (χ0n) is 4.29. The molecule has 0 aliphatic heterocycles. The van der Waals surface area contributed by atoms with E-state index in [9.17, 15) is 0 Å². The van der Waals surface area contributed by atoms with Gasteiger partial charge in [0.1, 0.15) is 0 Å². The van der Waals surface area contributed by atoms with Gasteiger partial charge in [0.25, 0.3) is 0 Å². The fraction of sp³-hybridized carbons (Fsp3) is 1.00. The van der Waals surface area contributed by atoms with E-state index in [0.717, 1.165) is 6.42 Å². The molecule has 0 aliphatic carbocycles. The Bertz CT molecular complexity index is 21.7. The van der Waals surface area contributed by atoms with Crippen LogP contribution >= 0.6 is 0 Å². The van der Waals surface area contributed by atoms with Gasteiger partial charge in [0.2, 0.25) is 0 Å². The minimum absolute atomic E-state index is 0. The maximum absolute atomic E-state index is 8.12. The van der Waals surface area contributed by atoms with Crippen LogP contribution < -0.4 is 0 Å². The van der Waals surface area contributed by atoms with Gasteiger partial charge in [-0.1, -0.05) is 0 Å². The van der Waals surface area contributed by atoms with Gasteiger partial charge in [-0.15, -0.1) is 0 Å². The minimum Gasteiger partial charge on any atom is -0.396 e. The first-order chi connectivity index (χ1) is 2.91. The quantitative estimate of drug-likeness (QED) is 0.452. The Labute approximate surface area is 53.8 Å². The number of rotatable bonds is 3. The van der Waals surface area contributed by atoms with Gasteiger partial charge in [-0.2, -0.15) is 0 Å². The third kappa shape index (κ3) is 10.7. The van der Waals surface area contributed by atoms with Gasteiger partial charge in [0.15, 0.2) is 0 Å². The normalized spacial score (nSPS) is 7.71. The molecule has 0 spiro atoms. The summed E-state index contributed by atoms with van der Waals surface area (Å²) in [6.07, 6.45) is 0.747. The molecule has 0 aromatic heterocycles. The summed E-state index contributed by atoms with van der Waals surface area (Å²) in [5.41, 5.74) is 0. The summed E-state index contributed by atoms with van der Waals surface area (Å²) < 4.78 is 4.62. The minimum atomic E-state index is 0. The average Bonchev–Trinajstić information content (AvgIpc) is 1.61. The van der Waals surface area contributed by atoms with E-state index in [0.29, 0.717) is 6.61 Å². The van der Waals surface area contributed by atoms with Crippen LogP contribution in [-0.2, 0) is 21.2 Å². The molecule has 0 aliphatic rings. The van der Waals surface area contributed by atoms with E-state index >= 15 is 0 Å². The van der Waals surface area contributed by atoms with E-state index in [1.807, 2.05) is 0 Å². The summed E-state index contributed by atoms with van der Waals surface area (Å²) in [6.45, 7) is 0.893. The van der Waals surface area contributed by atoms with Gasteiger partial charge in [-0.05, 0) is 6.42 Å². The third-order valence-corrected chi connectivity index (χ3v) is 0.507. The van der Waals surface area contributed by atoms with E-state index in [4.69, 9.17) is 5.11 Å². The van der Waals surface area contributed by atoms with Crippen LogP contribution in [0.1, 0.15) is 6.42 Å². The fourth-order valence-corrected chi connectivity index (χ4v) is 0.209. The molecule has 1 N–H and O–H groups in total. The molecule has 0 rings (SSSR count). The van der Waals surface area contributed by atoms with Gasteiger partial charge in [0.05, 0.1) is 0 Å². The molecule has 0 saturated carbocycles. The van der Waals surface area contributed by atoms with Crippen molar-refractivity contribution in [2.24, 2.45) is 0 Å². The molecule has 0 heterocycles. The summed E-state index contributed by atoms with van der Waals surface area (Å²) >= 11 is 0. The second kappa shape index (κ2) is 9.65. The predicted octanol–water partition coefficient (Wildman–Crippen LogP) is 0.0127. The van der Waals surface area contributed by atoms with Crippen LogP contribution in [0.25, 0.3) is 0 Å².